The van der Waals surface area contributed by atoms with Gasteiger partial charge in [0, 0.05) is 30.8 Å². The van der Waals surface area contributed by atoms with E-state index in [2.05, 4.69) is 15.4 Å². The van der Waals surface area contributed by atoms with E-state index in [9.17, 15) is 26.7 Å². The summed E-state index contributed by atoms with van der Waals surface area (Å²) in [5.41, 5.74) is -0.864. The number of carbonyl (C=O) groups is 1. The number of nitrogens with one attached hydrogen (secondary N) is 1. The number of aryl methyl sites for hydroxylation is 1. The minimum Gasteiger partial charge on any atom is -0.348 e. The molecule has 2 aromatic heterocycles. The van der Waals surface area contributed by atoms with Gasteiger partial charge in [0.1, 0.15) is 11.6 Å². The summed E-state index contributed by atoms with van der Waals surface area (Å²) in [6, 6.07) is 9.09. The van der Waals surface area contributed by atoms with Crippen molar-refractivity contribution in [2.24, 2.45) is 7.05 Å². The molecule has 0 spiro atoms. The minimum atomic E-state index is -4.62. The molecule has 0 aliphatic heterocycles. The second kappa shape index (κ2) is 8.03. The molecule has 0 aliphatic rings. The quantitative estimate of drug-likeness (QED) is 0.456. The van der Waals surface area contributed by atoms with Gasteiger partial charge in [-0.2, -0.15) is 18.3 Å². The fraction of sp³-hybridized carbons (Fsp3) is 0.136. The highest BCUT2D eigenvalue weighted by Crippen LogP contribution is 2.37. The second-order valence-corrected chi connectivity index (χ2v) is 7.02. The first kappa shape index (κ1) is 21.4. The van der Waals surface area contributed by atoms with Gasteiger partial charge < -0.3 is 5.32 Å². The van der Waals surface area contributed by atoms with Gasteiger partial charge in [-0.25, -0.2) is 13.8 Å². The highest BCUT2D eigenvalue weighted by atomic mass is 19.4. The van der Waals surface area contributed by atoms with E-state index in [-0.39, 0.29) is 34.6 Å². The summed E-state index contributed by atoms with van der Waals surface area (Å²) in [5, 5.41) is 6.87. The van der Waals surface area contributed by atoms with Gasteiger partial charge in [0.25, 0.3) is 5.91 Å². The molecule has 164 valence electrons. The fourth-order valence-corrected chi connectivity index (χ4v) is 3.33. The molecule has 0 radical (unpaired) electrons. The van der Waals surface area contributed by atoms with E-state index in [0.29, 0.717) is 11.5 Å². The van der Waals surface area contributed by atoms with Gasteiger partial charge >= 0.3 is 6.18 Å². The van der Waals surface area contributed by atoms with Crippen LogP contribution in [0.4, 0.5) is 22.0 Å². The molecule has 2 heterocycles. The monoisotopic (exact) mass is 446 g/mol. The van der Waals surface area contributed by atoms with Crippen molar-refractivity contribution < 1.29 is 26.7 Å². The van der Waals surface area contributed by atoms with Gasteiger partial charge in [-0.15, -0.1) is 0 Å². The Kier molecular flexibility index (Phi) is 5.37. The van der Waals surface area contributed by atoms with Crippen LogP contribution in [-0.2, 0) is 19.8 Å². The van der Waals surface area contributed by atoms with Crippen LogP contribution in [0.3, 0.4) is 0 Å². The number of alkyl halides is 3. The molecule has 0 fully saturated rings. The first-order chi connectivity index (χ1) is 15.1. The molecular formula is C22H15F5N4O. The first-order valence-electron chi connectivity index (χ1n) is 9.36. The van der Waals surface area contributed by atoms with E-state index < -0.39 is 29.3 Å². The predicted octanol–water partition coefficient (Wildman–Crippen LogP) is 4.86. The second-order valence-electron chi connectivity index (χ2n) is 7.02. The van der Waals surface area contributed by atoms with Crippen LogP contribution >= 0.6 is 0 Å². The summed E-state index contributed by atoms with van der Waals surface area (Å²) in [5.74, 6) is -2.25. The lowest BCUT2D eigenvalue weighted by atomic mass is 10.0. The molecular weight excluding hydrogens is 431 g/mol. The van der Waals surface area contributed by atoms with Crippen LogP contribution < -0.4 is 5.32 Å². The Balaban J connectivity index is 1.76. The van der Waals surface area contributed by atoms with E-state index in [1.54, 1.807) is 7.05 Å². The molecule has 2 aromatic carbocycles. The van der Waals surface area contributed by atoms with Crippen LogP contribution in [0.15, 0.2) is 54.7 Å². The van der Waals surface area contributed by atoms with Crippen molar-refractivity contribution in [2.75, 3.05) is 0 Å². The number of benzene rings is 2. The molecule has 10 heteroatoms. The van der Waals surface area contributed by atoms with Crippen LogP contribution in [0.5, 0.6) is 0 Å². The number of nitrogens with zero attached hydrogens (tertiary/aromatic N) is 3. The third kappa shape index (κ3) is 4.03. The van der Waals surface area contributed by atoms with Gasteiger partial charge in [-0.05, 0) is 18.2 Å². The van der Waals surface area contributed by atoms with Crippen LogP contribution in [0.25, 0.3) is 22.3 Å². The maximum absolute atomic E-state index is 13.9. The van der Waals surface area contributed by atoms with E-state index in [1.165, 1.54) is 41.2 Å². The molecule has 1 N–H and O–H groups in total. The molecule has 0 saturated heterocycles. The number of fused-ring (bicyclic) bond motifs is 1. The number of rotatable bonds is 4. The lowest BCUT2D eigenvalue weighted by molar-refractivity contribution is -0.137. The maximum Gasteiger partial charge on any atom is 0.417 e. The topological polar surface area (TPSA) is 59.8 Å². The molecule has 0 saturated carbocycles. The van der Waals surface area contributed by atoms with Crippen molar-refractivity contribution in [3.8, 4) is 11.3 Å². The third-order valence-corrected chi connectivity index (χ3v) is 4.91. The number of amides is 1. The molecule has 0 aliphatic carbocycles. The summed E-state index contributed by atoms with van der Waals surface area (Å²) in [6.07, 6.45) is -3.25. The van der Waals surface area contributed by atoms with Crippen molar-refractivity contribution in [2.45, 2.75) is 12.7 Å². The van der Waals surface area contributed by atoms with Gasteiger partial charge in [-0.1, -0.05) is 24.3 Å². The van der Waals surface area contributed by atoms with E-state index in [0.717, 1.165) is 12.1 Å². The molecule has 0 bridgehead atoms. The van der Waals surface area contributed by atoms with Crippen LogP contribution in [0, 0.1) is 11.6 Å². The number of aromatic nitrogens is 3. The smallest absolute Gasteiger partial charge is 0.348 e. The molecule has 4 aromatic rings. The largest absolute Gasteiger partial charge is 0.417 e. The number of pyridine rings is 1. The Labute approximate surface area is 178 Å². The SMILES string of the molecule is Cn1ncc2c(C(=O)NCc3ccc(F)cc3F)cc(-c3ccccc3C(F)(F)F)nc21. The predicted molar refractivity (Wildman–Crippen MR) is 106 cm³/mol. The average molecular weight is 446 g/mol. The Morgan fingerprint density at radius 3 is 2.56 bits per heavy atom. The van der Waals surface area contributed by atoms with Crippen LogP contribution in [0.1, 0.15) is 21.5 Å². The average Bonchev–Trinajstić information content (AvgIpc) is 3.12. The maximum atomic E-state index is 13.9. The Bertz CT molecular complexity index is 1330. The standard InChI is InChI=1S/C22H15F5N4O/c1-31-20-16(11-29-31)15(21(32)28-10-12-6-7-13(23)8-18(12)24)9-19(30-20)14-4-2-3-5-17(14)22(25,26)27/h2-9,11H,10H2,1H3,(H,28,32). The summed E-state index contributed by atoms with van der Waals surface area (Å²) in [4.78, 5) is 17.2. The summed E-state index contributed by atoms with van der Waals surface area (Å²) in [6.45, 7) is -0.247. The highest BCUT2D eigenvalue weighted by Gasteiger charge is 2.34. The highest BCUT2D eigenvalue weighted by molar-refractivity contribution is 6.06. The fourth-order valence-electron chi connectivity index (χ4n) is 3.33. The number of hydrogen-bond donors (Lipinski definition) is 1. The lowest BCUT2D eigenvalue weighted by Crippen LogP contribution is -2.24. The minimum absolute atomic E-state index is 0.0256. The van der Waals surface area contributed by atoms with Crippen LogP contribution in [-0.4, -0.2) is 20.7 Å². The van der Waals surface area contributed by atoms with E-state index in [4.69, 9.17) is 0 Å². The number of halogens is 5. The van der Waals surface area contributed by atoms with Crippen molar-refractivity contribution >= 4 is 16.9 Å². The molecule has 5 nitrogen and oxygen atoms in total. The summed E-state index contributed by atoms with van der Waals surface area (Å²) in [7, 11) is 1.55. The van der Waals surface area contributed by atoms with E-state index in [1.807, 2.05) is 0 Å². The van der Waals surface area contributed by atoms with Gasteiger partial charge in [0.15, 0.2) is 5.65 Å². The normalized spacial score (nSPS) is 11.7. The third-order valence-electron chi connectivity index (χ3n) is 4.91. The van der Waals surface area contributed by atoms with Gasteiger partial charge in [0.2, 0.25) is 0 Å². The number of hydrogen-bond acceptors (Lipinski definition) is 3. The molecule has 1 amide bonds. The van der Waals surface area contributed by atoms with Crippen molar-refractivity contribution in [1.29, 1.82) is 0 Å². The lowest BCUT2D eigenvalue weighted by Gasteiger charge is -2.14. The van der Waals surface area contributed by atoms with Crippen LogP contribution in [0.2, 0.25) is 0 Å². The van der Waals surface area contributed by atoms with Crippen molar-refractivity contribution in [1.82, 2.24) is 20.1 Å². The number of carbonyl (C=O) groups excluding carboxylic acids is 1. The van der Waals surface area contributed by atoms with E-state index >= 15 is 0 Å². The van der Waals surface area contributed by atoms with Crippen molar-refractivity contribution in [3.05, 3.63) is 83.1 Å². The first-order valence-corrected chi connectivity index (χ1v) is 9.36. The van der Waals surface area contributed by atoms with Crippen molar-refractivity contribution in [3.63, 3.8) is 0 Å². The van der Waals surface area contributed by atoms with Gasteiger partial charge in [0.05, 0.1) is 28.4 Å². The zero-order chi connectivity index (χ0) is 23.0. The molecule has 32 heavy (non-hydrogen) atoms. The summed E-state index contributed by atoms with van der Waals surface area (Å²) < 4.78 is 68.8. The Morgan fingerprint density at radius 1 is 1.09 bits per heavy atom. The summed E-state index contributed by atoms with van der Waals surface area (Å²) >= 11 is 0. The zero-order valence-corrected chi connectivity index (χ0v) is 16.5. The van der Waals surface area contributed by atoms with Gasteiger partial charge in [-0.3, -0.25) is 9.48 Å². The Hall–Kier alpha value is -3.82. The molecule has 0 unspecified atom stereocenters. The molecule has 4 rings (SSSR count). The zero-order valence-electron chi connectivity index (χ0n) is 16.5. The Morgan fingerprint density at radius 2 is 1.84 bits per heavy atom. The molecule has 0 atom stereocenters.